The van der Waals surface area contributed by atoms with Gasteiger partial charge in [-0.15, -0.1) is 11.8 Å². The SMILES string of the molecule is CCOc1ccccc1N(CC(=O)N(Cc1ccc(Cl)c(Cl)c1)C(C)C(=O)NC(C)C)S(=O)(=O)c1ccc(SC)cc1. The van der Waals surface area contributed by atoms with Crippen molar-refractivity contribution < 1.29 is 22.7 Å². The molecule has 8 nitrogen and oxygen atoms in total. The molecule has 0 bridgehead atoms. The van der Waals surface area contributed by atoms with Crippen molar-refractivity contribution in [2.75, 3.05) is 23.7 Å². The maximum absolute atomic E-state index is 14.1. The summed E-state index contributed by atoms with van der Waals surface area (Å²) >= 11 is 13.8. The van der Waals surface area contributed by atoms with Gasteiger partial charge in [-0.25, -0.2) is 8.42 Å². The Hall–Kier alpha value is -2.92. The molecule has 0 aliphatic rings. The number of nitrogens with one attached hydrogen (secondary N) is 1. The van der Waals surface area contributed by atoms with E-state index < -0.39 is 28.5 Å². The van der Waals surface area contributed by atoms with Gasteiger partial charge in [-0.05, 0) is 88.0 Å². The first-order valence-corrected chi connectivity index (χ1v) is 16.7. The van der Waals surface area contributed by atoms with Crippen LogP contribution in [0.3, 0.4) is 0 Å². The fourth-order valence-electron chi connectivity index (χ4n) is 4.15. The zero-order chi connectivity index (χ0) is 31.0. The van der Waals surface area contributed by atoms with Crippen LogP contribution in [0.5, 0.6) is 5.75 Å². The van der Waals surface area contributed by atoms with Gasteiger partial charge in [-0.2, -0.15) is 0 Å². The Morgan fingerprint density at radius 3 is 2.24 bits per heavy atom. The summed E-state index contributed by atoms with van der Waals surface area (Å²) in [4.78, 5) is 29.4. The van der Waals surface area contributed by atoms with E-state index in [0.29, 0.717) is 21.4 Å². The number of rotatable bonds is 13. The van der Waals surface area contributed by atoms with E-state index in [2.05, 4.69) is 5.32 Å². The van der Waals surface area contributed by atoms with Gasteiger partial charge in [0.25, 0.3) is 10.0 Å². The topological polar surface area (TPSA) is 96.0 Å². The second kappa shape index (κ2) is 15.0. The summed E-state index contributed by atoms with van der Waals surface area (Å²) < 4.78 is 35.0. The lowest BCUT2D eigenvalue weighted by molar-refractivity contribution is -0.139. The van der Waals surface area contributed by atoms with E-state index in [4.69, 9.17) is 27.9 Å². The number of hydrogen-bond donors (Lipinski definition) is 1. The molecule has 0 fully saturated rings. The Bertz CT molecular complexity index is 1500. The zero-order valence-corrected chi connectivity index (χ0v) is 27.3. The molecule has 3 aromatic carbocycles. The van der Waals surface area contributed by atoms with Crippen LogP contribution in [-0.2, 0) is 26.2 Å². The van der Waals surface area contributed by atoms with E-state index >= 15 is 0 Å². The first-order chi connectivity index (χ1) is 19.9. The molecule has 0 radical (unpaired) electrons. The number of carbonyl (C=O) groups excluding carboxylic acids is 2. The third kappa shape index (κ3) is 8.34. The third-order valence-corrected chi connectivity index (χ3v) is 9.55. The van der Waals surface area contributed by atoms with Crippen molar-refractivity contribution in [3.05, 3.63) is 82.3 Å². The molecule has 1 unspecified atom stereocenters. The molecule has 42 heavy (non-hydrogen) atoms. The van der Waals surface area contributed by atoms with Crippen molar-refractivity contribution in [3.63, 3.8) is 0 Å². The average molecular weight is 653 g/mol. The quantitative estimate of drug-likeness (QED) is 0.220. The highest BCUT2D eigenvalue weighted by atomic mass is 35.5. The average Bonchev–Trinajstić information content (AvgIpc) is 2.96. The van der Waals surface area contributed by atoms with Crippen LogP contribution in [0.4, 0.5) is 5.69 Å². The molecule has 2 amide bonds. The minimum atomic E-state index is -4.24. The molecule has 0 heterocycles. The highest BCUT2D eigenvalue weighted by Gasteiger charge is 2.34. The molecule has 0 saturated carbocycles. The number of para-hydroxylation sites is 2. The number of anilines is 1. The van der Waals surface area contributed by atoms with Gasteiger partial charge < -0.3 is 15.0 Å². The van der Waals surface area contributed by atoms with Gasteiger partial charge in [0.05, 0.1) is 27.2 Å². The largest absolute Gasteiger partial charge is 0.492 e. The van der Waals surface area contributed by atoms with Crippen molar-refractivity contribution >= 4 is 62.5 Å². The Kier molecular flexibility index (Phi) is 12.0. The van der Waals surface area contributed by atoms with Gasteiger partial charge >= 0.3 is 0 Å². The number of amides is 2. The molecule has 3 aromatic rings. The van der Waals surface area contributed by atoms with Crippen LogP contribution in [0.15, 0.2) is 76.5 Å². The molecule has 1 N–H and O–H groups in total. The standard InChI is InChI=1S/C30H35Cl2N3O5S2/c1-6-40-28-10-8-7-9-27(28)35(42(38,39)24-14-12-23(41-5)13-15-24)19-29(36)34(21(4)30(37)33-20(2)3)18-22-11-16-25(31)26(32)17-22/h7-17,20-21H,6,18-19H2,1-5H3,(H,33,37). The van der Waals surface area contributed by atoms with Crippen molar-refractivity contribution in [1.29, 1.82) is 0 Å². The molecule has 12 heteroatoms. The first-order valence-electron chi connectivity index (χ1n) is 13.3. The van der Waals surface area contributed by atoms with Crippen LogP contribution in [0, 0.1) is 0 Å². The van der Waals surface area contributed by atoms with Crippen LogP contribution in [0.2, 0.25) is 10.0 Å². The summed E-state index contributed by atoms with van der Waals surface area (Å²) in [7, 11) is -4.24. The predicted molar refractivity (Wildman–Crippen MR) is 170 cm³/mol. The molecule has 0 aliphatic carbocycles. The number of halogens is 2. The van der Waals surface area contributed by atoms with Gasteiger partial charge in [0.1, 0.15) is 18.3 Å². The summed E-state index contributed by atoms with van der Waals surface area (Å²) in [6.07, 6.45) is 1.89. The molecule has 3 rings (SSSR count). The van der Waals surface area contributed by atoms with E-state index in [0.717, 1.165) is 9.20 Å². The van der Waals surface area contributed by atoms with Crippen LogP contribution >= 0.6 is 35.0 Å². The fraction of sp³-hybridized carbons (Fsp3) is 0.333. The normalized spacial score (nSPS) is 12.1. The van der Waals surface area contributed by atoms with Gasteiger partial charge in [0.2, 0.25) is 11.8 Å². The van der Waals surface area contributed by atoms with Crippen LogP contribution in [0.1, 0.15) is 33.3 Å². The summed E-state index contributed by atoms with van der Waals surface area (Å²) in [6.45, 7) is 6.71. The molecule has 0 aromatic heterocycles. The summed E-state index contributed by atoms with van der Waals surface area (Å²) in [5, 5.41) is 3.47. The van der Waals surface area contributed by atoms with Crippen molar-refractivity contribution in [3.8, 4) is 5.75 Å². The van der Waals surface area contributed by atoms with E-state index in [9.17, 15) is 18.0 Å². The molecule has 0 saturated heterocycles. The number of benzene rings is 3. The molecule has 0 aliphatic heterocycles. The van der Waals surface area contributed by atoms with Crippen LogP contribution < -0.4 is 14.4 Å². The lowest BCUT2D eigenvalue weighted by Gasteiger charge is -2.32. The number of nitrogens with zero attached hydrogens (tertiary/aromatic N) is 2. The fourth-order valence-corrected chi connectivity index (χ4v) is 6.31. The monoisotopic (exact) mass is 651 g/mol. The third-order valence-electron chi connectivity index (χ3n) is 6.30. The predicted octanol–water partition coefficient (Wildman–Crippen LogP) is 6.25. The van der Waals surface area contributed by atoms with E-state index in [-0.39, 0.29) is 35.7 Å². The number of ether oxygens (including phenoxy) is 1. The van der Waals surface area contributed by atoms with Crippen molar-refractivity contribution in [2.45, 2.75) is 56.1 Å². The molecule has 1 atom stereocenters. The smallest absolute Gasteiger partial charge is 0.264 e. The Labute approximate surface area is 262 Å². The lowest BCUT2D eigenvalue weighted by atomic mass is 10.1. The van der Waals surface area contributed by atoms with Crippen LogP contribution in [-0.4, -0.2) is 56.6 Å². The molecular weight excluding hydrogens is 617 g/mol. The maximum Gasteiger partial charge on any atom is 0.264 e. The van der Waals surface area contributed by atoms with Gasteiger partial charge in [0, 0.05) is 17.5 Å². The minimum Gasteiger partial charge on any atom is -0.492 e. The minimum absolute atomic E-state index is 0.00812. The van der Waals surface area contributed by atoms with Crippen molar-refractivity contribution in [1.82, 2.24) is 10.2 Å². The second-order valence-electron chi connectivity index (χ2n) is 9.70. The Balaban J connectivity index is 2.10. The molecular formula is C30H35Cl2N3O5S2. The lowest BCUT2D eigenvalue weighted by Crippen LogP contribution is -2.52. The van der Waals surface area contributed by atoms with Gasteiger partial charge in [-0.1, -0.05) is 41.4 Å². The Morgan fingerprint density at radius 1 is 0.976 bits per heavy atom. The molecule has 0 spiro atoms. The van der Waals surface area contributed by atoms with E-state index in [1.807, 2.05) is 20.1 Å². The maximum atomic E-state index is 14.1. The summed E-state index contributed by atoms with van der Waals surface area (Å²) in [6, 6.07) is 16.9. The van der Waals surface area contributed by atoms with Crippen LogP contribution in [0.25, 0.3) is 0 Å². The zero-order valence-electron chi connectivity index (χ0n) is 24.1. The first kappa shape index (κ1) is 33.6. The number of thioether (sulfide) groups is 1. The second-order valence-corrected chi connectivity index (χ2v) is 13.3. The molecule has 226 valence electrons. The van der Waals surface area contributed by atoms with Gasteiger partial charge in [-0.3, -0.25) is 13.9 Å². The van der Waals surface area contributed by atoms with E-state index in [1.165, 1.54) is 28.8 Å². The number of carbonyl (C=O) groups is 2. The van der Waals surface area contributed by atoms with Gasteiger partial charge in [0.15, 0.2) is 0 Å². The number of hydrogen-bond acceptors (Lipinski definition) is 6. The summed E-state index contributed by atoms with van der Waals surface area (Å²) in [5.41, 5.74) is 0.828. The number of sulfonamides is 1. The van der Waals surface area contributed by atoms with E-state index in [1.54, 1.807) is 68.4 Å². The Morgan fingerprint density at radius 2 is 1.64 bits per heavy atom. The summed E-state index contributed by atoms with van der Waals surface area (Å²) in [5.74, 6) is -0.669. The van der Waals surface area contributed by atoms with Crippen molar-refractivity contribution in [2.24, 2.45) is 0 Å². The highest BCUT2D eigenvalue weighted by Crippen LogP contribution is 2.33. The highest BCUT2D eigenvalue weighted by molar-refractivity contribution is 7.98.